The second-order valence-corrected chi connectivity index (χ2v) is 17.7. The van der Waals surface area contributed by atoms with Gasteiger partial charge < -0.3 is 50.1 Å². The Kier molecular flexibility index (Phi) is 34.0. The number of ether oxygens (including phenoxy) is 2. The SMILES string of the molecule is CCCCC/C=C/CC(O)/C=C/C=C/C=C/C(O)CCCC(=O)OC(COC(=O)CCCCCCC/C=C\CCCCCCCC)COP(=O)(O)OC1C(O)C(O)C(O)C(O)C1O. The summed E-state index contributed by atoms with van der Waals surface area (Å²) in [6.45, 7) is 3.01. The first-order valence-electron chi connectivity index (χ1n) is 23.3. The Balaban J connectivity index is 2.60. The molecular weight excluding hydrogens is 835 g/mol. The molecule has 0 heterocycles. The van der Waals surface area contributed by atoms with E-state index < -0.39 is 87.9 Å². The molecule has 15 nitrogen and oxygen atoms in total. The highest BCUT2D eigenvalue weighted by molar-refractivity contribution is 7.47. The molecule has 0 aromatic rings. The number of esters is 2. The number of hydrogen-bond donors (Lipinski definition) is 8. The Labute approximate surface area is 376 Å². The van der Waals surface area contributed by atoms with Gasteiger partial charge in [0.2, 0.25) is 0 Å². The molecule has 364 valence electrons. The van der Waals surface area contributed by atoms with Gasteiger partial charge in [-0.3, -0.25) is 18.6 Å². The number of phosphoric acid groups is 1. The van der Waals surface area contributed by atoms with Gasteiger partial charge in [-0.1, -0.05) is 139 Å². The van der Waals surface area contributed by atoms with Crippen LogP contribution in [0.3, 0.4) is 0 Å². The first-order valence-corrected chi connectivity index (χ1v) is 24.8. The van der Waals surface area contributed by atoms with Crippen LogP contribution in [0.25, 0.3) is 0 Å². The maximum absolute atomic E-state index is 12.8. The van der Waals surface area contributed by atoms with Gasteiger partial charge in [0.1, 0.15) is 43.2 Å². The van der Waals surface area contributed by atoms with Crippen molar-refractivity contribution < 1.29 is 73.3 Å². The zero-order valence-electron chi connectivity index (χ0n) is 37.8. The van der Waals surface area contributed by atoms with Gasteiger partial charge in [0, 0.05) is 12.8 Å². The van der Waals surface area contributed by atoms with Crippen molar-refractivity contribution in [2.45, 2.75) is 210 Å². The smallest absolute Gasteiger partial charge is 0.462 e. The van der Waals surface area contributed by atoms with Crippen LogP contribution >= 0.6 is 7.82 Å². The minimum Gasteiger partial charge on any atom is -0.462 e. The van der Waals surface area contributed by atoms with Crippen molar-refractivity contribution in [3.05, 3.63) is 60.8 Å². The summed E-state index contributed by atoms with van der Waals surface area (Å²) in [7, 11) is -5.19. The zero-order valence-corrected chi connectivity index (χ0v) is 38.7. The van der Waals surface area contributed by atoms with Crippen LogP contribution in [0, 0.1) is 0 Å². The molecule has 1 rings (SSSR count). The van der Waals surface area contributed by atoms with E-state index in [1.807, 2.05) is 6.08 Å². The van der Waals surface area contributed by atoms with Gasteiger partial charge in [-0.25, -0.2) is 4.57 Å². The first kappa shape index (κ1) is 58.5. The van der Waals surface area contributed by atoms with Crippen molar-refractivity contribution in [2.75, 3.05) is 13.2 Å². The Hall–Kier alpha value is -2.53. The fraction of sp³-hybridized carbons (Fsp3) is 0.745. The molecule has 1 fully saturated rings. The van der Waals surface area contributed by atoms with Gasteiger partial charge in [0.05, 0.1) is 18.8 Å². The third-order valence-corrected chi connectivity index (χ3v) is 11.5. The average molecular weight is 917 g/mol. The number of carbonyl (C=O) groups is 2. The molecular formula is C47H81O15P. The van der Waals surface area contributed by atoms with Crippen LogP contribution in [0.15, 0.2) is 60.8 Å². The molecule has 8 unspecified atom stereocenters. The van der Waals surface area contributed by atoms with E-state index >= 15 is 0 Å². The van der Waals surface area contributed by atoms with Crippen molar-refractivity contribution in [1.29, 1.82) is 0 Å². The van der Waals surface area contributed by atoms with E-state index in [4.69, 9.17) is 18.5 Å². The molecule has 0 saturated heterocycles. The van der Waals surface area contributed by atoms with Crippen molar-refractivity contribution in [2.24, 2.45) is 0 Å². The third kappa shape index (κ3) is 29.6. The van der Waals surface area contributed by atoms with Crippen molar-refractivity contribution >= 4 is 19.8 Å². The Bertz CT molecular complexity index is 1370. The second kappa shape index (κ2) is 36.7. The normalized spacial score (nSPS) is 23.3. The standard InChI is InChI=1S/C47H81O15P/c1-3-5-7-9-11-12-13-14-15-16-17-18-19-21-27-33-40(50)59-35-39(36-60-63(57,58)62-47-45(55)43(53)42(52)44(54)46(47)56)61-41(51)34-28-32-38(49)31-26-23-22-25-30-37(48)29-24-20-10-8-6-4-2/h14-15,20,22-26,30-31,37-39,42-49,52-56H,3-13,16-19,21,27-29,32-36H2,1-2H3,(H,57,58)/b15-14-,23-22+,24-20+,30-25+,31-26+. The summed E-state index contributed by atoms with van der Waals surface area (Å²) in [4.78, 5) is 35.7. The first-order chi connectivity index (χ1) is 30.2. The number of carbonyl (C=O) groups excluding carboxylic acids is 2. The summed E-state index contributed by atoms with van der Waals surface area (Å²) in [6, 6.07) is 0. The van der Waals surface area contributed by atoms with E-state index in [1.165, 1.54) is 57.4 Å². The van der Waals surface area contributed by atoms with Crippen LogP contribution in [-0.2, 0) is 32.7 Å². The van der Waals surface area contributed by atoms with E-state index in [9.17, 15) is 54.8 Å². The van der Waals surface area contributed by atoms with Crippen LogP contribution in [0.2, 0.25) is 0 Å². The quantitative estimate of drug-likeness (QED) is 0.0104. The molecule has 8 atom stereocenters. The van der Waals surface area contributed by atoms with Gasteiger partial charge in [-0.05, 0) is 64.2 Å². The number of aliphatic hydroxyl groups excluding tert-OH is 7. The van der Waals surface area contributed by atoms with Crippen molar-refractivity contribution in [3.63, 3.8) is 0 Å². The number of rotatable bonds is 37. The maximum Gasteiger partial charge on any atom is 0.472 e. The number of aliphatic hydroxyl groups is 7. The Morgan fingerprint density at radius 2 is 1.05 bits per heavy atom. The molecule has 0 bridgehead atoms. The Morgan fingerprint density at radius 3 is 1.65 bits per heavy atom. The molecule has 1 saturated carbocycles. The average Bonchev–Trinajstić information content (AvgIpc) is 3.25. The van der Waals surface area contributed by atoms with Crippen LogP contribution in [-0.4, -0.2) is 121 Å². The monoisotopic (exact) mass is 917 g/mol. The number of phosphoric ester groups is 1. The van der Waals surface area contributed by atoms with E-state index in [0.717, 1.165) is 51.4 Å². The van der Waals surface area contributed by atoms with E-state index in [2.05, 4.69) is 32.1 Å². The predicted molar refractivity (Wildman–Crippen MR) is 242 cm³/mol. The molecule has 0 amide bonds. The molecule has 8 N–H and O–H groups in total. The lowest BCUT2D eigenvalue weighted by molar-refractivity contribution is -0.220. The van der Waals surface area contributed by atoms with E-state index in [-0.39, 0.29) is 25.7 Å². The van der Waals surface area contributed by atoms with Gasteiger partial charge in [0.25, 0.3) is 0 Å². The summed E-state index contributed by atoms with van der Waals surface area (Å²) < 4.78 is 33.3. The third-order valence-electron chi connectivity index (χ3n) is 10.5. The van der Waals surface area contributed by atoms with Crippen LogP contribution in [0.5, 0.6) is 0 Å². The summed E-state index contributed by atoms with van der Waals surface area (Å²) in [5, 5.41) is 70.5. The van der Waals surface area contributed by atoms with Crippen LogP contribution < -0.4 is 0 Å². The summed E-state index contributed by atoms with van der Waals surface area (Å²) in [5.74, 6) is -1.35. The largest absolute Gasteiger partial charge is 0.472 e. The highest BCUT2D eigenvalue weighted by Crippen LogP contribution is 2.47. The summed E-state index contributed by atoms with van der Waals surface area (Å²) in [5.41, 5.74) is 0. The minimum absolute atomic E-state index is 0.102. The maximum atomic E-state index is 12.8. The van der Waals surface area contributed by atoms with Gasteiger partial charge >= 0.3 is 19.8 Å². The van der Waals surface area contributed by atoms with Gasteiger partial charge in [0.15, 0.2) is 6.10 Å². The number of allylic oxidation sites excluding steroid dienone is 7. The molecule has 0 aromatic heterocycles. The summed E-state index contributed by atoms with van der Waals surface area (Å²) >= 11 is 0. The number of unbranched alkanes of at least 4 members (excludes halogenated alkanes) is 14. The van der Waals surface area contributed by atoms with Gasteiger partial charge in [-0.2, -0.15) is 0 Å². The van der Waals surface area contributed by atoms with Gasteiger partial charge in [-0.15, -0.1) is 0 Å². The second-order valence-electron chi connectivity index (χ2n) is 16.3. The minimum atomic E-state index is -5.19. The Morgan fingerprint density at radius 1 is 0.571 bits per heavy atom. The molecule has 0 spiro atoms. The molecule has 1 aliphatic rings. The van der Waals surface area contributed by atoms with Crippen molar-refractivity contribution in [3.8, 4) is 0 Å². The molecule has 0 aromatic carbocycles. The zero-order chi connectivity index (χ0) is 46.7. The topological polar surface area (TPSA) is 250 Å². The lowest BCUT2D eigenvalue weighted by atomic mass is 9.85. The van der Waals surface area contributed by atoms with E-state index in [1.54, 1.807) is 30.4 Å². The molecule has 0 aliphatic heterocycles. The highest BCUT2D eigenvalue weighted by Gasteiger charge is 2.51. The predicted octanol–water partition coefficient (Wildman–Crippen LogP) is 6.89. The fourth-order valence-corrected chi connectivity index (χ4v) is 7.62. The molecule has 63 heavy (non-hydrogen) atoms. The lowest BCUT2D eigenvalue weighted by Crippen LogP contribution is -2.64. The molecule has 16 heteroatoms. The lowest BCUT2D eigenvalue weighted by Gasteiger charge is -2.41. The van der Waals surface area contributed by atoms with Crippen LogP contribution in [0.4, 0.5) is 0 Å². The molecule has 1 aliphatic carbocycles. The number of hydrogen-bond acceptors (Lipinski definition) is 14. The fourth-order valence-electron chi connectivity index (χ4n) is 6.65. The van der Waals surface area contributed by atoms with E-state index in [0.29, 0.717) is 12.8 Å². The van der Waals surface area contributed by atoms with Crippen molar-refractivity contribution in [1.82, 2.24) is 0 Å². The molecule has 0 radical (unpaired) electrons. The summed E-state index contributed by atoms with van der Waals surface area (Å²) in [6.07, 6.45) is 23.1. The van der Waals surface area contributed by atoms with Crippen LogP contribution in [0.1, 0.15) is 155 Å². The highest BCUT2D eigenvalue weighted by atomic mass is 31.2.